The van der Waals surface area contributed by atoms with Gasteiger partial charge in [0.25, 0.3) is 0 Å². The van der Waals surface area contributed by atoms with Gasteiger partial charge < -0.3 is 5.73 Å². The lowest BCUT2D eigenvalue weighted by atomic mass is 9.92. The topological polar surface area (TPSA) is 26.0 Å². The zero-order valence-electron chi connectivity index (χ0n) is 11.3. The average molecular weight is 213 g/mol. The summed E-state index contributed by atoms with van der Waals surface area (Å²) in [6.07, 6.45) is 9.63. The highest BCUT2D eigenvalue weighted by atomic mass is 14.6. The SMILES string of the molecule is CCCCC[C@H](C)CCC[C@H](C)C(C)N. The molecule has 1 heteroatoms. The van der Waals surface area contributed by atoms with Crippen LogP contribution >= 0.6 is 0 Å². The van der Waals surface area contributed by atoms with Gasteiger partial charge in [-0.1, -0.05) is 59.3 Å². The number of rotatable bonds is 9. The minimum absolute atomic E-state index is 0.361. The molecule has 0 saturated heterocycles. The Kier molecular flexibility index (Phi) is 9.18. The highest BCUT2D eigenvalue weighted by molar-refractivity contribution is 4.64. The number of nitrogens with two attached hydrogens (primary N) is 1. The molecule has 2 N–H and O–H groups in total. The smallest absolute Gasteiger partial charge is 0.00361 e. The summed E-state index contributed by atoms with van der Waals surface area (Å²) in [7, 11) is 0. The molecule has 1 unspecified atom stereocenters. The molecule has 0 heterocycles. The van der Waals surface area contributed by atoms with Crippen LogP contribution in [0.2, 0.25) is 0 Å². The van der Waals surface area contributed by atoms with E-state index in [1.165, 1.54) is 44.9 Å². The van der Waals surface area contributed by atoms with Gasteiger partial charge in [0.2, 0.25) is 0 Å². The van der Waals surface area contributed by atoms with Crippen LogP contribution in [0, 0.1) is 11.8 Å². The predicted molar refractivity (Wildman–Crippen MR) is 70.0 cm³/mol. The van der Waals surface area contributed by atoms with E-state index in [1.54, 1.807) is 0 Å². The van der Waals surface area contributed by atoms with Gasteiger partial charge in [0.05, 0.1) is 0 Å². The molecule has 0 aromatic rings. The molecule has 0 aromatic heterocycles. The van der Waals surface area contributed by atoms with Crippen molar-refractivity contribution in [3.8, 4) is 0 Å². The normalized spacial score (nSPS) is 17.4. The van der Waals surface area contributed by atoms with Gasteiger partial charge in [-0.15, -0.1) is 0 Å². The Hall–Kier alpha value is -0.0400. The second-order valence-corrected chi connectivity index (χ2v) is 5.37. The minimum atomic E-state index is 0.361. The van der Waals surface area contributed by atoms with Gasteiger partial charge in [0.1, 0.15) is 0 Å². The van der Waals surface area contributed by atoms with Crippen molar-refractivity contribution in [1.29, 1.82) is 0 Å². The average Bonchev–Trinajstić information content (AvgIpc) is 2.18. The summed E-state index contributed by atoms with van der Waals surface area (Å²) in [5.74, 6) is 1.60. The summed E-state index contributed by atoms with van der Waals surface area (Å²) < 4.78 is 0. The van der Waals surface area contributed by atoms with Crippen LogP contribution < -0.4 is 5.73 Å². The second kappa shape index (κ2) is 9.21. The third-order valence-corrected chi connectivity index (χ3v) is 3.55. The lowest BCUT2D eigenvalue weighted by Crippen LogP contribution is -2.24. The molecular weight excluding hydrogens is 182 g/mol. The van der Waals surface area contributed by atoms with E-state index in [0.717, 1.165) is 5.92 Å². The Morgan fingerprint density at radius 1 is 0.867 bits per heavy atom. The van der Waals surface area contributed by atoms with Gasteiger partial charge in [-0.05, 0) is 25.2 Å². The van der Waals surface area contributed by atoms with Crippen LogP contribution in [0.1, 0.15) is 72.6 Å². The molecule has 3 atom stereocenters. The van der Waals surface area contributed by atoms with Crippen molar-refractivity contribution in [2.45, 2.75) is 78.7 Å². The summed E-state index contributed by atoms with van der Waals surface area (Å²) in [4.78, 5) is 0. The maximum absolute atomic E-state index is 5.85. The molecular formula is C14H31N. The quantitative estimate of drug-likeness (QED) is 0.566. The Balaban J connectivity index is 3.34. The van der Waals surface area contributed by atoms with E-state index in [4.69, 9.17) is 5.73 Å². The van der Waals surface area contributed by atoms with Crippen LogP contribution in [-0.4, -0.2) is 6.04 Å². The molecule has 0 aromatic carbocycles. The fourth-order valence-corrected chi connectivity index (χ4v) is 1.94. The van der Waals surface area contributed by atoms with Gasteiger partial charge in [-0.3, -0.25) is 0 Å². The molecule has 0 aliphatic carbocycles. The van der Waals surface area contributed by atoms with E-state index in [0.29, 0.717) is 12.0 Å². The van der Waals surface area contributed by atoms with Crippen molar-refractivity contribution in [3.05, 3.63) is 0 Å². The lowest BCUT2D eigenvalue weighted by Gasteiger charge is -2.16. The van der Waals surface area contributed by atoms with Crippen LogP contribution in [-0.2, 0) is 0 Å². The molecule has 0 aliphatic rings. The van der Waals surface area contributed by atoms with E-state index in [2.05, 4.69) is 27.7 Å². The largest absolute Gasteiger partial charge is 0.328 e. The first-order chi connectivity index (χ1) is 7.07. The van der Waals surface area contributed by atoms with Gasteiger partial charge in [0, 0.05) is 6.04 Å². The molecule has 0 fully saturated rings. The van der Waals surface area contributed by atoms with Gasteiger partial charge in [0.15, 0.2) is 0 Å². The third-order valence-electron chi connectivity index (χ3n) is 3.55. The zero-order chi connectivity index (χ0) is 11.7. The summed E-state index contributed by atoms with van der Waals surface area (Å²) in [6, 6.07) is 0.361. The zero-order valence-corrected chi connectivity index (χ0v) is 11.3. The fourth-order valence-electron chi connectivity index (χ4n) is 1.94. The van der Waals surface area contributed by atoms with Crippen molar-refractivity contribution < 1.29 is 0 Å². The number of hydrogen-bond acceptors (Lipinski definition) is 1. The minimum Gasteiger partial charge on any atom is -0.328 e. The highest BCUT2D eigenvalue weighted by Gasteiger charge is 2.08. The van der Waals surface area contributed by atoms with Crippen molar-refractivity contribution in [2.24, 2.45) is 17.6 Å². The standard InChI is InChI=1S/C14H31N/c1-5-6-7-9-12(2)10-8-11-13(3)14(4)15/h12-14H,5-11,15H2,1-4H3/t12-,13-,14?/m0/s1. The van der Waals surface area contributed by atoms with E-state index in [9.17, 15) is 0 Å². The van der Waals surface area contributed by atoms with E-state index in [1.807, 2.05) is 0 Å². The second-order valence-electron chi connectivity index (χ2n) is 5.37. The Labute approximate surface area is 96.8 Å². The maximum atomic E-state index is 5.85. The number of unbranched alkanes of at least 4 members (excludes halogenated alkanes) is 2. The van der Waals surface area contributed by atoms with E-state index in [-0.39, 0.29) is 0 Å². The molecule has 0 spiro atoms. The molecule has 0 aliphatic heterocycles. The van der Waals surface area contributed by atoms with Crippen LogP contribution in [0.3, 0.4) is 0 Å². The van der Waals surface area contributed by atoms with Gasteiger partial charge in [-0.2, -0.15) is 0 Å². The summed E-state index contributed by atoms with van der Waals surface area (Å²) in [6.45, 7) is 9.06. The van der Waals surface area contributed by atoms with Gasteiger partial charge >= 0.3 is 0 Å². The van der Waals surface area contributed by atoms with E-state index >= 15 is 0 Å². The van der Waals surface area contributed by atoms with Crippen LogP contribution in [0.5, 0.6) is 0 Å². The Morgan fingerprint density at radius 2 is 1.47 bits per heavy atom. The van der Waals surface area contributed by atoms with Crippen molar-refractivity contribution in [2.75, 3.05) is 0 Å². The maximum Gasteiger partial charge on any atom is 0.00361 e. The number of hydrogen-bond donors (Lipinski definition) is 1. The Bertz CT molecular complexity index is 131. The van der Waals surface area contributed by atoms with Gasteiger partial charge in [-0.25, -0.2) is 0 Å². The van der Waals surface area contributed by atoms with Crippen molar-refractivity contribution >= 4 is 0 Å². The molecule has 1 nitrogen and oxygen atoms in total. The van der Waals surface area contributed by atoms with E-state index < -0.39 is 0 Å². The predicted octanol–water partition coefficient (Wildman–Crippen LogP) is 4.36. The third kappa shape index (κ3) is 8.92. The van der Waals surface area contributed by atoms with Crippen LogP contribution in [0.4, 0.5) is 0 Å². The monoisotopic (exact) mass is 213 g/mol. The first-order valence-corrected chi connectivity index (χ1v) is 6.83. The molecule has 0 amide bonds. The van der Waals surface area contributed by atoms with Crippen molar-refractivity contribution in [1.82, 2.24) is 0 Å². The highest BCUT2D eigenvalue weighted by Crippen LogP contribution is 2.18. The summed E-state index contributed by atoms with van der Waals surface area (Å²) in [5, 5.41) is 0. The lowest BCUT2D eigenvalue weighted by molar-refractivity contribution is 0.386. The molecule has 0 saturated carbocycles. The summed E-state index contributed by atoms with van der Waals surface area (Å²) in [5.41, 5.74) is 5.85. The molecule has 15 heavy (non-hydrogen) atoms. The first kappa shape index (κ1) is 15.0. The molecule has 92 valence electrons. The summed E-state index contributed by atoms with van der Waals surface area (Å²) >= 11 is 0. The van der Waals surface area contributed by atoms with Crippen molar-refractivity contribution in [3.63, 3.8) is 0 Å². The first-order valence-electron chi connectivity index (χ1n) is 6.83. The van der Waals surface area contributed by atoms with Crippen LogP contribution in [0.25, 0.3) is 0 Å². The fraction of sp³-hybridized carbons (Fsp3) is 1.00. The van der Waals surface area contributed by atoms with Crippen LogP contribution in [0.15, 0.2) is 0 Å². The molecule has 0 rings (SSSR count). The Morgan fingerprint density at radius 3 is 2.00 bits per heavy atom. The molecule has 0 radical (unpaired) electrons. The molecule has 0 bridgehead atoms.